The first-order valence-electron chi connectivity index (χ1n) is 11.5. The van der Waals surface area contributed by atoms with Crippen LogP contribution in [0.15, 0.2) is 0 Å². The van der Waals surface area contributed by atoms with Gasteiger partial charge in [-0.05, 0) is 6.42 Å². The molecule has 0 bridgehead atoms. The summed E-state index contributed by atoms with van der Waals surface area (Å²) in [7, 11) is 0. The summed E-state index contributed by atoms with van der Waals surface area (Å²) < 4.78 is 10.5. The molecule has 1 unspecified atom stereocenters. The highest BCUT2D eigenvalue weighted by Gasteiger charge is 2.47. The van der Waals surface area contributed by atoms with Gasteiger partial charge in [0.25, 0.3) is 0 Å². The fourth-order valence-corrected chi connectivity index (χ4v) is 3.76. The van der Waals surface area contributed by atoms with Gasteiger partial charge in [-0.15, -0.1) is 0 Å². The van der Waals surface area contributed by atoms with Crippen LogP contribution in [-0.4, -0.2) is 64.4 Å². The standard InChI is InChI=1S/C22H41NO7/c1-3-4-5-6-7-8-9-10-11-12-13-14-18(26)30-21-19(23-16(2)25)22(28)29-17(15-24)20(21)27/h17,19-22,24,27-28H,3-15H2,1-2H3,(H,23,25)/t17-,19-,20-,21-,22?/m1/s1. The Balaban J connectivity index is 2.28. The molecule has 0 aromatic rings. The predicted molar refractivity (Wildman–Crippen MR) is 113 cm³/mol. The second-order valence-electron chi connectivity index (χ2n) is 8.20. The summed E-state index contributed by atoms with van der Waals surface area (Å²) in [6.07, 6.45) is 7.98. The van der Waals surface area contributed by atoms with Crippen molar-refractivity contribution in [2.24, 2.45) is 0 Å². The van der Waals surface area contributed by atoms with Gasteiger partial charge in [-0.1, -0.05) is 71.1 Å². The molecule has 0 spiro atoms. The molecule has 1 heterocycles. The Morgan fingerprint density at radius 1 is 0.933 bits per heavy atom. The number of carbonyl (C=O) groups is 2. The van der Waals surface area contributed by atoms with Crippen LogP contribution in [0.1, 0.15) is 90.9 Å². The van der Waals surface area contributed by atoms with Crippen LogP contribution in [0, 0.1) is 0 Å². The topological polar surface area (TPSA) is 125 Å². The molecule has 30 heavy (non-hydrogen) atoms. The molecule has 0 aromatic carbocycles. The summed E-state index contributed by atoms with van der Waals surface area (Å²) in [6, 6.07) is -1.10. The van der Waals surface area contributed by atoms with Gasteiger partial charge in [0.1, 0.15) is 18.2 Å². The molecule has 1 aliphatic rings. The average Bonchev–Trinajstić information content (AvgIpc) is 2.71. The van der Waals surface area contributed by atoms with Gasteiger partial charge in [0.15, 0.2) is 12.4 Å². The first-order valence-corrected chi connectivity index (χ1v) is 11.5. The van der Waals surface area contributed by atoms with Gasteiger partial charge in [-0.2, -0.15) is 0 Å². The summed E-state index contributed by atoms with van der Waals surface area (Å²) in [4.78, 5) is 23.6. The van der Waals surface area contributed by atoms with E-state index in [9.17, 15) is 24.9 Å². The third-order valence-electron chi connectivity index (χ3n) is 5.49. The zero-order chi connectivity index (χ0) is 22.4. The van der Waals surface area contributed by atoms with Crippen LogP contribution in [-0.2, 0) is 19.1 Å². The normalized spacial score (nSPS) is 26.4. The first-order chi connectivity index (χ1) is 14.4. The van der Waals surface area contributed by atoms with Crippen LogP contribution in [0.2, 0.25) is 0 Å². The van der Waals surface area contributed by atoms with E-state index in [0.717, 1.165) is 19.3 Å². The number of esters is 1. The zero-order valence-corrected chi connectivity index (χ0v) is 18.6. The monoisotopic (exact) mass is 431 g/mol. The number of hydrogen-bond acceptors (Lipinski definition) is 7. The Labute approximate surface area is 180 Å². The maximum absolute atomic E-state index is 12.2. The molecular formula is C22H41NO7. The van der Waals surface area contributed by atoms with E-state index in [1.807, 2.05) is 0 Å². The number of unbranched alkanes of at least 4 members (excludes halogenated alkanes) is 10. The van der Waals surface area contributed by atoms with E-state index in [0.29, 0.717) is 6.42 Å². The van der Waals surface area contributed by atoms with E-state index >= 15 is 0 Å². The van der Waals surface area contributed by atoms with E-state index in [-0.39, 0.29) is 6.42 Å². The number of nitrogens with one attached hydrogen (secondary N) is 1. The molecule has 1 saturated heterocycles. The maximum Gasteiger partial charge on any atom is 0.306 e. The molecule has 8 nitrogen and oxygen atoms in total. The largest absolute Gasteiger partial charge is 0.457 e. The van der Waals surface area contributed by atoms with E-state index in [1.54, 1.807) is 0 Å². The second-order valence-corrected chi connectivity index (χ2v) is 8.20. The van der Waals surface area contributed by atoms with Crippen molar-refractivity contribution in [1.82, 2.24) is 5.32 Å². The van der Waals surface area contributed by atoms with Gasteiger partial charge in [0, 0.05) is 13.3 Å². The second kappa shape index (κ2) is 15.6. The highest BCUT2D eigenvalue weighted by molar-refractivity contribution is 5.73. The molecule has 1 fully saturated rings. The van der Waals surface area contributed by atoms with Crippen molar-refractivity contribution in [3.8, 4) is 0 Å². The molecule has 176 valence electrons. The molecule has 8 heteroatoms. The Kier molecular flexibility index (Phi) is 13.9. The number of aliphatic hydroxyl groups excluding tert-OH is 3. The quantitative estimate of drug-likeness (QED) is 0.231. The fraction of sp³-hybridized carbons (Fsp3) is 0.909. The summed E-state index contributed by atoms with van der Waals surface area (Å²) in [6.45, 7) is 2.93. The molecule has 0 aliphatic carbocycles. The van der Waals surface area contributed by atoms with Gasteiger partial charge >= 0.3 is 5.97 Å². The lowest BCUT2D eigenvalue weighted by Crippen LogP contribution is -2.65. The van der Waals surface area contributed by atoms with Crippen LogP contribution in [0.5, 0.6) is 0 Å². The number of carbonyl (C=O) groups excluding carboxylic acids is 2. The van der Waals surface area contributed by atoms with Gasteiger partial charge in [-0.25, -0.2) is 0 Å². The third-order valence-corrected chi connectivity index (χ3v) is 5.49. The summed E-state index contributed by atoms with van der Waals surface area (Å²) in [5, 5.41) is 32.1. The molecule has 5 atom stereocenters. The van der Waals surface area contributed by atoms with Crippen LogP contribution >= 0.6 is 0 Å². The molecule has 1 rings (SSSR count). The van der Waals surface area contributed by atoms with E-state index in [1.165, 1.54) is 51.9 Å². The Bertz CT molecular complexity index is 488. The molecule has 0 aromatic heterocycles. The number of amides is 1. The number of aliphatic hydroxyl groups is 3. The van der Waals surface area contributed by atoms with Crippen LogP contribution in [0.3, 0.4) is 0 Å². The summed E-state index contributed by atoms with van der Waals surface area (Å²) >= 11 is 0. The lowest BCUT2D eigenvalue weighted by Gasteiger charge is -2.41. The average molecular weight is 432 g/mol. The van der Waals surface area contributed by atoms with Gasteiger partial charge in [-0.3, -0.25) is 9.59 Å². The van der Waals surface area contributed by atoms with Crippen LogP contribution in [0.25, 0.3) is 0 Å². The van der Waals surface area contributed by atoms with Gasteiger partial charge in [0.2, 0.25) is 5.91 Å². The van der Waals surface area contributed by atoms with Crippen molar-refractivity contribution < 1.29 is 34.4 Å². The Morgan fingerprint density at radius 3 is 1.97 bits per heavy atom. The van der Waals surface area contributed by atoms with Gasteiger partial charge < -0.3 is 30.1 Å². The minimum atomic E-state index is -1.49. The fourth-order valence-electron chi connectivity index (χ4n) is 3.76. The Hall–Kier alpha value is -1.22. The van der Waals surface area contributed by atoms with Crippen LogP contribution < -0.4 is 5.32 Å². The van der Waals surface area contributed by atoms with Crippen molar-refractivity contribution in [3.63, 3.8) is 0 Å². The minimum absolute atomic E-state index is 0.202. The van der Waals surface area contributed by atoms with E-state index in [4.69, 9.17) is 9.47 Å². The minimum Gasteiger partial charge on any atom is -0.457 e. The molecular weight excluding hydrogens is 390 g/mol. The van der Waals surface area contributed by atoms with Crippen molar-refractivity contribution in [1.29, 1.82) is 0 Å². The zero-order valence-electron chi connectivity index (χ0n) is 18.6. The van der Waals surface area contributed by atoms with Crippen molar-refractivity contribution >= 4 is 11.9 Å². The first kappa shape index (κ1) is 26.8. The smallest absolute Gasteiger partial charge is 0.306 e. The molecule has 4 N–H and O–H groups in total. The number of hydrogen-bond donors (Lipinski definition) is 4. The lowest BCUT2D eigenvalue weighted by molar-refractivity contribution is -0.258. The Morgan fingerprint density at radius 2 is 1.47 bits per heavy atom. The van der Waals surface area contributed by atoms with Crippen LogP contribution in [0.4, 0.5) is 0 Å². The summed E-state index contributed by atoms with van der Waals surface area (Å²) in [5.41, 5.74) is 0. The van der Waals surface area contributed by atoms with Crippen molar-refractivity contribution in [2.45, 2.75) is 122 Å². The lowest BCUT2D eigenvalue weighted by atomic mass is 9.96. The van der Waals surface area contributed by atoms with Gasteiger partial charge in [0.05, 0.1) is 6.61 Å². The third kappa shape index (κ3) is 10.2. The highest BCUT2D eigenvalue weighted by Crippen LogP contribution is 2.23. The number of rotatable bonds is 15. The maximum atomic E-state index is 12.2. The predicted octanol–water partition coefficient (Wildman–Crippen LogP) is 2.17. The molecule has 0 radical (unpaired) electrons. The summed E-state index contributed by atoms with van der Waals surface area (Å²) in [5.74, 6) is -0.958. The molecule has 1 aliphatic heterocycles. The molecule has 1 amide bonds. The van der Waals surface area contributed by atoms with Crippen molar-refractivity contribution in [2.75, 3.05) is 6.61 Å². The van der Waals surface area contributed by atoms with Crippen molar-refractivity contribution in [3.05, 3.63) is 0 Å². The van der Waals surface area contributed by atoms with E-state index in [2.05, 4.69) is 12.2 Å². The number of ether oxygens (including phenoxy) is 2. The van der Waals surface area contributed by atoms with E-state index < -0.39 is 49.1 Å². The molecule has 0 saturated carbocycles. The SMILES string of the molecule is CCCCCCCCCCCCCC(=O)O[C@H]1[C@H](O)[C@@H](CO)OC(O)[C@@H]1NC(C)=O. The highest BCUT2D eigenvalue weighted by atomic mass is 16.6.